The molecular formula is C17H31NO5. The third-order valence-electron chi connectivity index (χ3n) is 3.79. The summed E-state index contributed by atoms with van der Waals surface area (Å²) in [5, 5.41) is 2.85. The largest absolute Gasteiger partial charge is 0.463 e. The van der Waals surface area contributed by atoms with E-state index in [9.17, 15) is 9.59 Å². The fraction of sp³-hybridized carbons (Fsp3) is 0.882. The van der Waals surface area contributed by atoms with Gasteiger partial charge in [0.25, 0.3) is 0 Å². The highest BCUT2D eigenvalue weighted by Crippen LogP contribution is 2.28. The Kier molecular flexibility index (Phi) is 8.37. The molecule has 0 aromatic rings. The topological polar surface area (TPSA) is 73.9 Å². The number of alkyl carbamates (subject to hydrolysis) is 1. The van der Waals surface area contributed by atoms with Gasteiger partial charge in [-0.15, -0.1) is 0 Å². The van der Waals surface area contributed by atoms with Gasteiger partial charge in [-0.3, -0.25) is 4.79 Å². The number of rotatable bonds is 7. The van der Waals surface area contributed by atoms with Crippen LogP contribution in [0.5, 0.6) is 0 Å². The fourth-order valence-electron chi connectivity index (χ4n) is 2.64. The predicted octanol–water partition coefficient (Wildman–Crippen LogP) is 2.90. The molecule has 0 heterocycles. The van der Waals surface area contributed by atoms with Crippen LogP contribution in [0.3, 0.4) is 0 Å². The van der Waals surface area contributed by atoms with Crippen molar-refractivity contribution < 1.29 is 23.8 Å². The molecule has 0 bridgehead atoms. The minimum Gasteiger partial charge on any atom is -0.463 e. The zero-order chi connectivity index (χ0) is 17.3. The summed E-state index contributed by atoms with van der Waals surface area (Å²) in [6.45, 7) is 9.15. The smallest absolute Gasteiger partial charge is 0.407 e. The lowest BCUT2D eigenvalue weighted by Gasteiger charge is -2.29. The zero-order valence-corrected chi connectivity index (χ0v) is 14.9. The van der Waals surface area contributed by atoms with Gasteiger partial charge in [-0.1, -0.05) is 0 Å². The van der Waals surface area contributed by atoms with Crippen molar-refractivity contribution >= 4 is 12.1 Å². The van der Waals surface area contributed by atoms with Crippen LogP contribution < -0.4 is 5.32 Å². The van der Waals surface area contributed by atoms with Crippen LogP contribution in [0.4, 0.5) is 4.79 Å². The average Bonchev–Trinajstić information content (AvgIpc) is 2.44. The van der Waals surface area contributed by atoms with Gasteiger partial charge in [-0.2, -0.15) is 0 Å². The minimum absolute atomic E-state index is 0.272. The molecule has 1 aliphatic rings. The average molecular weight is 329 g/mol. The third kappa shape index (κ3) is 10.2. The summed E-state index contributed by atoms with van der Waals surface area (Å²) in [6.07, 6.45) is 4.05. The van der Waals surface area contributed by atoms with E-state index in [-0.39, 0.29) is 12.1 Å². The van der Waals surface area contributed by atoms with Gasteiger partial charge in [0.2, 0.25) is 0 Å². The van der Waals surface area contributed by atoms with Gasteiger partial charge in [0.15, 0.2) is 0 Å². The highest BCUT2D eigenvalue weighted by Gasteiger charge is 2.23. The molecule has 1 amide bonds. The van der Waals surface area contributed by atoms with Crippen molar-refractivity contribution in [1.82, 2.24) is 5.32 Å². The Morgan fingerprint density at radius 3 is 2.22 bits per heavy atom. The normalized spacial score (nSPS) is 21.6. The van der Waals surface area contributed by atoms with Gasteiger partial charge in [0, 0.05) is 20.1 Å². The first-order valence-corrected chi connectivity index (χ1v) is 8.44. The van der Waals surface area contributed by atoms with Gasteiger partial charge in [-0.25, -0.2) is 4.79 Å². The molecule has 1 N–H and O–H groups in total. The zero-order valence-electron chi connectivity index (χ0n) is 14.9. The Morgan fingerprint density at radius 2 is 1.65 bits per heavy atom. The second-order valence-corrected chi connectivity index (χ2v) is 7.18. The molecule has 0 unspecified atom stereocenters. The quantitative estimate of drug-likeness (QED) is 0.574. The van der Waals surface area contributed by atoms with E-state index in [2.05, 4.69) is 5.32 Å². The van der Waals surface area contributed by atoms with Crippen molar-refractivity contribution in [2.24, 2.45) is 11.8 Å². The second kappa shape index (κ2) is 9.75. The van der Waals surface area contributed by atoms with Crippen LogP contribution in [0.1, 0.15) is 53.4 Å². The first-order chi connectivity index (χ1) is 10.8. The molecule has 0 spiro atoms. The lowest BCUT2D eigenvalue weighted by molar-refractivity contribution is -0.142. The number of carbonyl (C=O) groups excluding carboxylic acids is 2. The second-order valence-electron chi connectivity index (χ2n) is 7.18. The maximum absolute atomic E-state index is 11.6. The van der Waals surface area contributed by atoms with Crippen molar-refractivity contribution in [2.45, 2.75) is 59.0 Å². The summed E-state index contributed by atoms with van der Waals surface area (Å²) in [5.41, 5.74) is -0.453. The maximum atomic E-state index is 11.6. The van der Waals surface area contributed by atoms with Crippen LogP contribution in [0, 0.1) is 11.8 Å². The SMILES string of the molecule is CC(=O)OCCOCC1CCC(CNC(=O)OC(C)(C)C)CC1. The van der Waals surface area contributed by atoms with Crippen LogP contribution in [-0.2, 0) is 19.0 Å². The van der Waals surface area contributed by atoms with Crippen molar-refractivity contribution in [2.75, 3.05) is 26.4 Å². The molecule has 1 saturated carbocycles. The highest BCUT2D eigenvalue weighted by atomic mass is 16.6. The Balaban J connectivity index is 2.06. The number of hydrogen-bond donors (Lipinski definition) is 1. The van der Waals surface area contributed by atoms with E-state index in [1.807, 2.05) is 20.8 Å². The van der Waals surface area contributed by atoms with Crippen LogP contribution in [0.2, 0.25) is 0 Å². The van der Waals surface area contributed by atoms with Crippen LogP contribution in [0.15, 0.2) is 0 Å². The molecule has 0 saturated heterocycles. The third-order valence-corrected chi connectivity index (χ3v) is 3.79. The molecule has 1 fully saturated rings. The first-order valence-electron chi connectivity index (χ1n) is 8.44. The molecule has 0 aromatic carbocycles. The summed E-state index contributed by atoms with van der Waals surface area (Å²) in [4.78, 5) is 22.2. The maximum Gasteiger partial charge on any atom is 0.407 e. The molecule has 1 aliphatic carbocycles. The molecule has 0 aromatic heterocycles. The first kappa shape index (κ1) is 19.7. The number of carbonyl (C=O) groups is 2. The summed E-state index contributed by atoms with van der Waals surface area (Å²) in [6, 6.07) is 0. The lowest BCUT2D eigenvalue weighted by Crippen LogP contribution is -2.36. The van der Waals surface area contributed by atoms with Gasteiger partial charge in [0.1, 0.15) is 12.2 Å². The molecule has 0 radical (unpaired) electrons. The Morgan fingerprint density at radius 1 is 1.04 bits per heavy atom. The van der Waals surface area contributed by atoms with E-state index in [1.165, 1.54) is 6.92 Å². The molecule has 6 nitrogen and oxygen atoms in total. The monoisotopic (exact) mass is 329 g/mol. The number of nitrogens with one attached hydrogen (secondary N) is 1. The van der Waals surface area contributed by atoms with Gasteiger partial charge < -0.3 is 19.5 Å². The van der Waals surface area contributed by atoms with Gasteiger partial charge in [-0.05, 0) is 58.3 Å². The standard InChI is InChI=1S/C17H31NO5/c1-13(19)22-10-9-21-12-15-7-5-14(6-8-15)11-18-16(20)23-17(2,3)4/h14-15H,5-12H2,1-4H3,(H,18,20). The molecule has 1 rings (SSSR count). The van der Waals surface area contributed by atoms with E-state index in [0.717, 1.165) is 25.7 Å². The molecule has 0 atom stereocenters. The number of esters is 1. The summed E-state index contributed by atoms with van der Waals surface area (Å²) >= 11 is 0. The van der Waals surface area contributed by atoms with E-state index in [1.54, 1.807) is 0 Å². The van der Waals surface area contributed by atoms with Crippen LogP contribution in [-0.4, -0.2) is 44.0 Å². The number of ether oxygens (including phenoxy) is 3. The number of hydrogen-bond acceptors (Lipinski definition) is 5. The Bertz CT molecular complexity index is 370. The lowest BCUT2D eigenvalue weighted by atomic mass is 9.82. The molecule has 6 heteroatoms. The van der Waals surface area contributed by atoms with E-state index >= 15 is 0 Å². The van der Waals surface area contributed by atoms with E-state index in [0.29, 0.717) is 38.2 Å². The highest BCUT2D eigenvalue weighted by molar-refractivity contribution is 5.67. The van der Waals surface area contributed by atoms with Gasteiger partial charge >= 0.3 is 12.1 Å². The Hall–Kier alpha value is -1.30. The molecule has 0 aliphatic heterocycles. The van der Waals surface area contributed by atoms with Crippen LogP contribution >= 0.6 is 0 Å². The van der Waals surface area contributed by atoms with Crippen molar-refractivity contribution in [3.63, 3.8) is 0 Å². The van der Waals surface area contributed by atoms with Crippen molar-refractivity contribution in [3.05, 3.63) is 0 Å². The van der Waals surface area contributed by atoms with E-state index in [4.69, 9.17) is 14.2 Å². The van der Waals surface area contributed by atoms with Crippen molar-refractivity contribution in [3.8, 4) is 0 Å². The fourth-order valence-corrected chi connectivity index (χ4v) is 2.64. The molecular weight excluding hydrogens is 298 g/mol. The minimum atomic E-state index is -0.453. The Labute approximate surface area is 139 Å². The molecule has 134 valence electrons. The van der Waals surface area contributed by atoms with E-state index < -0.39 is 5.60 Å². The summed E-state index contributed by atoms with van der Waals surface area (Å²) in [7, 11) is 0. The predicted molar refractivity (Wildman–Crippen MR) is 87.1 cm³/mol. The van der Waals surface area contributed by atoms with Crippen LogP contribution in [0.25, 0.3) is 0 Å². The van der Waals surface area contributed by atoms with Crippen molar-refractivity contribution in [1.29, 1.82) is 0 Å². The van der Waals surface area contributed by atoms with Gasteiger partial charge in [0.05, 0.1) is 6.61 Å². The number of amides is 1. The summed E-state index contributed by atoms with van der Waals surface area (Å²) in [5.74, 6) is 0.802. The summed E-state index contributed by atoms with van der Waals surface area (Å²) < 4.78 is 15.6. The molecule has 23 heavy (non-hydrogen) atoms.